The third-order valence-corrected chi connectivity index (χ3v) is 3.01. The highest BCUT2D eigenvalue weighted by atomic mass is 16.2. The minimum absolute atomic E-state index is 0.0173. The Morgan fingerprint density at radius 1 is 1.29 bits per heavy atom. The van der Waals surface area contributed by atoms with Crippen LogP contribution in [0, 0.1) is 5.92 Å². The Labute approximate surface area is 124 Å². The maximum absolute atomic E-state index is 12.1. The topological polar surface area (TPSA) is 95.6 Å². The summed E-state index contributed by atoms with van der Waals surface area (Å²) in [4.78, 5) is 48.2. The maximum Gasteiger partial charge on any atom is 0.330 e. The molecule has 0 saturated carbocycles. The molecule has 0 aliphatic carbocycles. The summed E-state index contributed by atoms with van der Waals surface area (Å²) in [5.41, 5.74) is -0.369. The van der Waals surface area contributed by atoms with Crippen LogP contribution in [-0.2, 0) is 14.4 Å². The molecule has 0 aromatic carbocycles. The van der Waals surface area contributed by atoms with Crippen LogP contribution in [0.4, 0.5) is 4.79 Å². The van der Waals surface area contributed by atoms with E-state index in [-0.39, 0.29) is 24.4 Å². The predicted octanol–water partition coefficient (Wildman–Crippen LogP) is 0.786. The predicted molar refractivity (Wildman–Crippen MR) is 76.2 cm³/mol. The Morgan fingerprint density at radius 2 is 1.90 bits per heavy atom. The van der Waals surface area contributed by atoms with Gasteiger partial charge in [0.2, 0.25) is 17.7 Å². The van der Waals surface area contributed by atoms with Crippen LogP contribution in [0.1, 0.15) is 47.0 Å². The lowest BCUT2D eigenvalue weighted by molar-refractivity contribution is -0.142. The number of amides is 5. The summed E-state index contributed by atoms with van der Waals surface area (Å²) < 4.78 is 0. The number of hydrogen-bond acceptors (Lipinski definition) is 4. The standard InChI is InChI=1S/C14H23N3O4/c1-5-6-9-11(19)15-13(21)17(12(9)20)8-7-10(18)16-14(2,3)4/h9H,5-8H2,1-4H3,(H,16,18)(H,15,19,21). The van der Waals surface area contributed by atoms with Crippen molar-refractivity contribution in [2.24, 2.45) is 5.92 Å². The Morgan fingerprint density at radius 3 is 2.43 bits per heavy atom. The number of nitrogens with zero attached hydrogens (tertiary/aromatic N) is 1. The Balaban J connectivity index is 2.64. The van der Waals surface area contributed by atoms with Crippen LogP contribution in [0.5, 0.6) is 0 Å². The number of barbiturate groups is 1. The van der Waals surface area contributed by atoms with Crippen molar-refractivity contribution in [3.05, 3.63) is 0 Å². The first-order valence-electron chi connectivity index (χ1n) is 7.13. The first-order valence-corrected chi connectivity index (χ1v) is 7.13. The van der Waals surface area contributed by atoms with Crippen molar-refractivity contribution in [3.8, 4) is 0 Å². The quantitative estimate of drug-likeness (QED) is 0.733. The average molecular weight is 297 g/mol. The zero-order valence-corrected chi connectivity index (χ0v) is 13.0. The summed E-state index contributed by atoms with van der Waals surface area (Å²) >= 11 is 0. The van der Waals surface area contributed by atoms with E-state index < -0.39 is 23.8 Å². The molecule has 0 aromatic heterocycles. The van der Waals surface area contributed by atoms with E-state index in [0.717, 1.165) is 4.90 Å². The van der Waals surface area contributed by atoms with Crippen molar-refractivity contribution in [2.75, 3.05) is 6.54 Å². The number of imide groups is 2. The third kappa shape index (κ3) is 4.84. The van der Waals surface area contributed by atoms with E-state index in [4.69, 9.17) is 0 Å². The molecule has 1 atom stereocenters. The smallest absolute Gasteiger partial charge is 0.330 e. The highest BCUT2D eigenvalue weighted by molar-refractivity contribution is 6.16. The van der Waals surface area contributed by atoms with Crippen LogP contribution < -0.4 is 10.6 Å². The monoisotopic (exact) mass is 297 g/mol. The SMILES string of the molecule is CCCC1C(=O)NC(=O)N(CCC(=O)NC(C)(C)C)C1=O. The van der Waals surface area contributed by atoms with E-state index in [1.54, 1.807) is 0 Å². The van der Waals surface area contributed by atoms with Crippen LogP contribution in [0.25, 0.3) is 0 Å². The van der Waals surface area contributed by atoms with Gasteiger partial charge in [-0.3, -0.25) is 24.6 Å². The summed E-state index contributed by atoms with van der Waals surface area (Å²) in [6, 6.07) is -0.749. The molecule has 1 unspecified atom stereocenters. The first-order chi connectivity index (χ1) is 9.65. The summed E-state index contributed by atoms with van der Waals surface area (Å²) in [5.74, 6) is -2.15. The lowest BCUT2D eigenvalue weighted by atomic mass is 9.99. The molecule has 1 aliphatic heterocycles. The van der Waals surface area contributed by atoms with Gasteiger partial charge in [-0.2, -0.15) is 0 Å². The molecule has 21 heavy (non-hydrogen) atoms. The van der Waals surface area contributed by atoms with Gasteiger partial charge in [0, 0.05) is 18.5 Å². The van der Waals surface area contributed by atoms with Crippen LogP contribution in [-0.4, -0.2) is 40.7 Å². The molecule has 7 heteroatoms. The molecule has 0 bridgehead atoms. The minimum atomic E-state index is -0.835. The van der Waals surface area contributed by atoms with Crippen LogP contribution in [0.2, 0.25) is 0 Å². The number of hydrogen-bond donors (Lipinski definition) is 2. The second kappa shape index (κ2) is 6.69. The molecule has 1 rings (SSSR count). The molecule has 118 valence electrons. The van der Waals surface area contributed by atoms with Gasteiger partial charge in [-0.15, -0.1) is 0 Å². The Hall–Kier alpha value is -1.92. The number of carbonyl (C=O) groups is 4. The molecule has 0 radical (unpaired) electrons. The summed E-state index contributed by atoms with van der Waals surface area (Å²) in [7, 11) is 0. The van der Waals surface area contributed by atoms with Crippen molar-refractivity contribution >= 4 is 23.8 Å². The lowest BCUT2D eigenvalue weighted by Crippen LogP contribution is -2.58. The van der Waals surface area contributed by atoms with Crippen LogP contribution in [0.15, 0.2) is 0 Å². The van der Waals surface area contributed by atoms with Crippen LogP contribution in [0.3, 0.4) is 0 Å². The molecule has 7 nitrogen and oxygen atoms in total. The molecular formula is C14H23N3O4. The van der Waals surface area contributed by atoms with Gasteiger partial charge in [0.1, 0.15) is 5.92 Å². The maximum atomic E-state index is 12.1. The van der Waals surface area contributed by atoms with E-state index in [2.05, 4.69) is 10.6 Å². The van der Waals surface area contributed by atoms with Crippen molar-refractivity contribution < 1.29 is 19.2 Å². The molecule has 0 aromatic rings. The van der Waals surface area contributed by atoms with Gasteiger partial charge in [0.05, 0.1) is 0 Å². The van der Waals surface area contributed by atoms with Crippen molar-refractivity contribution in [1.82, 2.24) is 15.5 Å². The van der Waals surface area contributed by atoms with Gasteiger partial charge < -0.3 is 5.32 Å². The van der Waals surface area contributed by atoms with Gasteiger partial charge in [-0.1, -0.05) is 13.3 Å². The van der Waals surface area contributed by atoms with Gasteiger partial charge in [-0.05, 0) is 27.2 Å². The van der Waals surface area contributed by atoms with Crippen LogP contribution >= 0.6 is 0 Å². The second-order valence-corrected chi connectivity index (χ2v) is 6.17. The minimum Gasteiger partial charge on any atom is -0.351 e. The Kier molecular flexibility index (Phi) is 5.46. The second-order valence-electron chi connectivity index (χ2n) is 6.17. The van der Waals surface area contributed by atoms with E-state index >= 15 is 0 Å². The number of urea groups is 1. The van der Waals surface area contributed by atoms with Gasteiger partial charge in [0.15, 0.2) is 0 Å². The molecule has 1 fully saturated rings. The number of rotatable bonds is 5. The molecule has 1 heterocycles. The third-order valence-electron chi connectivity index (χ3n) is 3.01. The van der Waals surface area contributed by atoms with E-state index in [0.29, 0.717) is 12.8 Å². The summed E-state index contributed by atoms with van der Waals surface area (Å²) in [5, 5.41) is 4.92. The van der Waals surface area contributed by atoms with Gasteiger partial charge in [0.25, 0.3) is 0 Å². The average Bonchev–Trinajstić information content (AvgIpc) is 2.31. The summed E-state index contributed by atoms with van der Waals surface area (Å²) in [6.45, 7) is 7.37. The number of nitrogens with one attached hydrogen (secondary N) is 2. The first kappa shape index (κ1) is 17.1. The molecular weight excluding hydrogens is 274 g/mol. The zero-order chi connectivity index (χ0) is 16.2. The van der Waals surface area contributed by atoms with Crippen molar-refractivity contribution in [3.63, 3.8) is 0 Å². The molecule has 1 aliphatic rings. The van der Waals surface area contributed by atoms with Crippen molar-refractivity contribution in [2.45, 2.75) is 52.5 Å². The Bertz CT molecular complexity index is 454. The van der Waals surface area contributed by atoms with Crippen molar-refractivity contribution in [1.29, 1.82) is 0 Å². The number of carbonyl (C=O) groups excluding carboxylic acids is 4. The lowest BCUT2D eigenvalue weighted by Gasteiger charge is -2.30. The van der Waals surface area contributed by atoms with E-state index in [1.807, 2.05) is 27.7 Å². The zero-order valence-electron chi connectivity index (χ0n) is 13.0. The fraction of sp³-hybridized carbons (Fsp3) is 0.714. The highest BCUT2D eigenvalue weighted by Gasteiger charge is 2.39. The fourth-order valence-corrected chi connectivity index (χ4v) is 2.11. The molecule has 2 N–H and O–H groups in total. The fourth-order valence-electron chi connectivity index (χ4n) is 2.11. The van der Waals surface area contributed by atoms with Gasteiger partial charge >= 0.3 is 6.03 Å². The van der Waals surface area contributed by atoms with E-state index in [1.165, 1.54) is 0 Å². The molecule has 0 spiro atoms. The highest BCUT2D eigenvalue weighted by Crippen LogP contribution is 2.16. The molecule has 5 amide bonds. The largest absolute Gasteiger partial charge is 0.351 e. The van der Waals surface area contributed by atoms with Gasteiger partial charge in [-0.25, -0.2) is 4.79 Å². The summed E-state index contributed by atoms with van der Waals surface area (Å²) in [6.07, 6.45) is 1.07. The van der Waals surface area contributed by atoms with E-state index in [9.17, 15) is 19.2 Å². The molecule has 1 saturated heterocycles. The normalized spacial score (nSPS) is 19.5.